The summed E-state index contributed by atoms with van der Waals surface area (Å²) in [6.07, 6.45) is 1.51. The van der Waals surface area contributed by atoms with Crippen molar-refractivity contribution in [1.82, 2.24) is 9.88 Å². The minimum atomic E-state index is -0.150. The fourth-order valence-electron chi connectivity index (χ4n) is 1.79. The Morgan fingerprint density at radius 2 is 2.44 bits per heavy atom. The zero-order chi connectivity index (χ0) is 11.0. The van der Waals surface area contributed by atoms with Gasteiger partial charge in [0.15, 0.2) is 10.8 Å². The van der Waals surface area contributed by atoms with E-state index in [0.29, 0.717) is 0 Å². The monoisotopic (exact) mass is 236 g/mol. The van der Waals surface area contributed by atoms with Crippen LogP contribution in [-0.4, -0.2) is 34.2 Å². The summed E-state index contributed by atoms with van der Waals surface area (Å²) in [5, 5.41) is 12.1. The third-order valence-electron chi connectivity index (χ3n) is 2.61. The van der Waals surface area contributed by atoms with Crippen molar-refractivity contribution in [3.8, 4) is 10.8 Å². The lowest BCUT2D eigenvalue weighted by molar-refractivity contribution is -0.00343. The highest BCUT2D eigenvalue weighted by Crippen LogP contribution is 2.25. The van der Waals surface area contributed by atoms with Gasteiger partial charge in [0.05, 0.1) is 18.1 Å². The SMILES string of the molecule is OC1CN(Cc2csc(-c3ccco3)n2)C1. The second kappa shape index (κ2) is 4.01. The Morgan fingerprint density at radius 3 is 3.12 bits per heavy atom. The topological polar surface area (TPSA) is 49.5 Å². The van der Waals surface area contributed by atoms with Crippen molar-refractivity contribution in [3.05, 3.63) is 29.5 Å². The predicted octanol–water partition coefficient (Wildman–Crippen LogP) is 1.58. The van der Waals surface area contributed by atoms with Crippen LogP contribution >= 0.6 is 11.3 Å². The molecule has 0 amide bonds. The van der Waals surface area contributed by atoms with Gasteiger partial charge in [-0.25, -0.2) is 4.98 Å². The van der Waals surface area contributed by atoms with Gasteiger partial charge in [-0.15, -0.1) is 11.3 Å². The second-order valence-corrected chi connectivity index (χ2v) is 4.83. The number of aromatic nitrogens is 1. The van der Waals surface area contributed by atoms with Crippen molar-refractivity contribution >= 4 is 11.3 Å². The fraction of sp³-hybridized carbons (Fsp3) is 0.364. The van der Waals surface area contributed by atoms with E-state index in [2.05, 4.69) is 9.88 Å². The zero-order valence-corrected chi connectivity index (χ0v) is 9.48. The minimum absolute atomic E-state index is 0.150. The van der Waals surface area contributed by atoms with Gasteiger partial charge >= 0.3 is 0 Å². The van der Waals surface area contributed by atoms with E-state index in [4.69, 9.17) is 4.42 Å². The number of thiazole rings is 1. The molecule has 0 bridgehead atoms. The summed E-state index contributed by atoms with van der Waals surface area (Å²) in [6.45, 7) is 2.33. The molecule has 0 spiro atoms. The highest BCUT2D eigenvalue weighted by atomic mass is 32.1. The zero-order valence-electron chi connectivity index (χ0n) is 8.67. The molecule has 0 aliphatic carbocycles. The Hall–Kier alpha value is -1.17. The van der Waals surface area contributed by atoms with Crippen LogP contribution in [0.3, 0.4) is 0 Å². The van der Waals surface area contributed by atoms with Crippen molar-refractivity contribution in [2.24, 2.45) is 0 Å². The number of β-amino-alcohol motifs (C(OH)–C–C–N with tert-alkyl or cyclic N) is 1. The largest absolute Gasteiger partial charge is 0.462 e. The standard InChI is InChI=1S/C11H12N2O2S/c14-9-5-13(6-9)4-8-7-16-11(12-8)10-2-1-3-15-10/h1-3,7,9,14H,4-6H2. The lowest BCUT2D eigenvalue weighted by Crippen LogP contribution is -2.49. The van der Waals surface area contributed by atoms with Gasteiger partial charge in [0.1, 0.15) is 0 Å². The molecule has 2 aromatic heterocycles. The third-order valence-corrected chi connectivity index (χ3v) is 3.51. The van der Waals surface area contributed by atoms with Crippen LogP contribution in [-0.2, 0) is 6.54 Å². The van der Waals surface area contributed by atoms with E-state index in [-0.39, 0.29) is 6.10 Å². The van der Waals surface area contributed by atoms with E-state index in [9.17, 15) is 5.11 Å². The Kier molecular flexibility index (Phi) is 2.51. The number of likely N-dealkylation sites (tertiary alicyclic amines) is 1. The van der Waals surface area contributed by atoms with E-state index >= 15 is 0 Å². The number of hydrogen-bond donors (Lipinski definition) is 1. The van der Waals surface area contributed by atoms with Gasteiger partial charge in [0, 0.05) is 25.0 Å². The van der Waals surface area contributed by atoms with Gasteiger partial charge in [-0.05, 0) is 12.1 Å². The molecule has 0 saturated carbocycles. The molecule has 2 aromatic rings. The van der Waals surface area contributed by atoms with E-state index in [1.807, 2.05) is 17.5 Å². The molecular formula is C11H12N2O2S. The smallest absolute Gasteiger partial charge is 0.162 e. The molecule has 1 aliphatic rings. The molecule has 3 rings (SSSR count). The quantitative estimate of drug-likeness (QED) is 0.879. The summed E-state index contributed by atoms with van der Waals surface area (Å²) in [6, 6.07) is 3.78. The molecule has 0 radical (unpaired) electrons. The first-order chi connectivity index (χ1) is 7.81. The molecule has 84 valence electrons. The molecule has 16 heavy (non-hydrogen) atoms. The minimum Gasteiger partial charge on any atom is -0.462 e. The van der Waals surface area contributed by atoms with Gasteiger partial charge in [-0.2, -0.15) is 0 Å². The van der Waals surface area contributed by atoms with Gasteiger partial charge < -0.3 is 9.52 Å². The normalized spacial score (nSPS) is 17.6. The fourth-order valence-corrected chi connectivity index (χ4v) is 2.57. The maximum atomic E-state index is 9.18. The first kappa shape index (κ1) is 10.0. The second-order valence-electron chi connectivity index (χ2n) is 3.97. The van der Waals surface area contributed by atoms with Crippen LogP contribution in [0.4, 0.5) is 0 Å². The van der Waals surface area contributed by atoms with Gasteiger partial charge in [0.25, 0.3) is 0 Å². The maximum Gasteiger partial charge on any atom is 0.162 e. The Labute approximate surface area is 97.2 Å². The molecule has 1 aliphatic heterocycles. The van der Waals surface area contributed by atoms with Crippen LogP contribution in [0.15, 0.2) is 28.2 Å². The van der Waals surface area contributed by atoms with Gasteiger partial charge in [-0.3, -0.25) is 4.90 Å². The summed E-state index contributed by atoms with van der Waals surface area (Å²) in [7, 11) is 0. The average molecular weight is 236 g/mol. The summed E-state index contributed by atoms with van der Waals surface area (Å²) in [5.74, 6) is 0.819. The van der Waals surface area contributed by atoms with E-state index in [0.717, 1.165) is 36.1 Å². The third kappa shape index (κ3) is 1.89. The van der Waals surface area contributed by atoms with Crippen molar-refractivity contribution in [2.45, 2.75) is 12.6 Å². The maximum absolute atomic E-state index is 9.18. The number of aliphatic hydroxyl groups is 1. The molecule has 0 unspecified atom stereocenters. The highest BCUT2D eigenvalue weighted by molar-refractivity contribution is 7.13. The summed E-state index contributed by atoms with van der Waals surface area (Å²) < 4.78 is 5.29. The molecular weight excluding hydrogens is 224 g/mol. The molecule has 1 N–H and O–H groups in total. The number of nitrogens with zero attached hydrogens (tertiary/aromatic N) is 2. The number of hydrogen-bond acceptors (Lipinski definition) is 5. The number of rotatable bonds is 3. The van der Waals surface area contributed by atoms with Crippen LogP contribution in [0.25, 0.3) is 10.8 Å². The Morgan fingerprint density at radius 1 is 1.56 bits per heavy atom. The van der Waals surface area contributed by atoms with Crippen LogP contribution in [0.2, 0.25) is 0 Å². The van der Waals surface area contributed by atoms with Gasteiger partial charge in [-0.1, -0.05) is 0 Å². The molecule has 0 aromatic carbocycles. The van der Waals surface area contributed by atoms with Crippen LogP contribution < -0.4 is 0 Å². The van der Waals surface area contributed by atoms with Crippen molar-refractivity contribution in [3.63, 3.8) is 0 Å². The first-order valence-corrected chi connectivity index (χ1v) is 6.08. The predicted molar refractivity (Wildman–Crippen MR) is 61.1 cm³/mol. The van der Waals surface area contributed by atoms with Crippen LogP contribution in [0.1, 0.15) is 5.69 Å². The van der Waals surface area contributed by atoms with Gasteiger partial charge in [0.2, 0.25) is 0 Å². The lowest BCUT2D eigenvalue weighted by Gasteiger charge is -2.35. The number of aliphatic hydroxyl groups excluding tert-OH is 1. The molecule has 5 heteroatoms. The van der Waals surface area contributed by atoms with Crippen molar-refractivity contribution in [2.75, 3.05) is 13.1 Å². The summed E-state index contributed by atoms with van der Waals surface area (Å²) >= 11 is 1.59. The van der Waals surface area contributed by atoms with E-state index in [1.54, 1.807) is 17.6 Å². The van der Waals surface area contributed by atoms with Crippen LogP contribution in [0.5, 0.6) is 0 Å². The Bertz CT molecular complexity index is 460. The average Bonchev–Trinajstić information content (AvgIpc) is 2.84. The van der Waals surface area contributed by atoms with E-state index in [1.165, 1.54) is 0 Å². The van der Waals surface area contributed by atoms with Crippen LogP contribution in [0, 0.1) is 0 Å². The molecule has 3 heterocycles. The molecule has 1 fully saturated rings. The summed E-state index contributed by atoms with van der Waals surface area (Å²) in [5.41, 5.74) is 1.04. The molecule has 1 saturated heterocycles. The van der Waals surface area contributed by atoms with Crippen molar-refractivity contribution < 1.29 is 9.52 Å². The van der Waals surface area contributed by atoms with E-state index < -0.39 is 0 Å². The first-order valence-electron chi connectivity index (χ1n) is 5.20. The lowest BCUT2D eigenvalue weighted by atomic mass is 10.1. The highest BCUT2D eigenvalue weighted by Gasteiger charge is 2.24. The van der Waals surface area contributed by atoms with Crippen molar-refractivity contribution in [1.29, 1.82) is 0 Å². The number of furan rings is 1. The Balaban J connectivity index is 1.69. The summed E-state index contributed by atoms with van der Waals surface area (Å²) in [4.78, 5) is 6.67. The molecule has 0 atom stereocenters. The molecule has 4 nitrogen and oxygen atoms in total.